The summed E-state index contributed by atoms with van der Waals surface area (Å²) in [6, 6.07) is 0. The van der Waals surface area contributed by atoms with Gasteiger partial charge in [-0.15, -0.1) is 0 Å². The second-order valence-electron chi connectivity index (χ2n) is 18.7. The summed E-state index contributed by atoms with van der Waals surface area (Å²) < 4.78 is 23.0. The molecule has 0 saturated heterocycles. The first-order chi connectivity index (χ1) is 30.8. The highest BCUT2D eigenvalue weighted by atomic mass is 16.7. The number of esters is 2. The third-order valence-corrected chi connectivity index (χ3v) is 13.1. The van der Waals surface area contributed by atoms with E-state index in [1.165, 1.54) is 89.9 Å². The second kappa shape index (κ2) is 46.7. The van der Waals surface area contributed by atoms with Crippen LogP contribution >= 0.6 is 0 Å². The van der Waals surface area contributed by atoms with Crippen LogP contribution in [0, 0.1) is 11.8 Å². The number of nitrogens with zero attached hydrogens (tertiary/aromatic N) is 2. The number of ether oxygens (including phenoxy) is 4. The standard InChI is InChI=1S/C54H106N2O7/c1-8-15-19-29-37-49(35-17-10-3)47-61-52(57)41-33-27-23-21-25-31-39-51(63-54(59)60-46-45-56(14-7)44-43-55(12-5)13-6)40-32-26-22-24-28-34-42-53(58)62-48-50(36-18-11-4)38-30-20-16-9-2/h49-51H,8-48H2,1-7H3. The fraction of sp³-hybridized carbons (Fsp3) is 0.944. The normalized spacial score (nSPS) is 13.0. The molecule has 9 nitrogen and oxygen atoms in total. The van der Waals surface area contributed by atoms with Crippen molar-refractivity contribution in [1.29, 1.82) is 0 Å². The van der Waals surface area contributed by atoms with Gasteiger partial charge in [-0.2, -0.15) is 0 Å². The molecule has 0 heterocycles. The molecule has 0 rings (SSSR count). The third-order valence-electron chi connectivity index (χ3n) is 13.1. The summed E-state index contributed by atoms with van der Waals surface area (Å²) in [7, 11) is 0. The van der Waals surface area contributed by atoms with Gasteiger partial charge in [-0.05, 0) is 95.7 Å². The molecule has 0 aromatic heterocycles. The van der Waals surface area contributed by atoms with Crippen molar-refractivity contribution in [3.05, 3.63) is 0 Å². The van der Waals surface area contributed by atoms with E-state index in [-0.39, 0.29) is 18.0 Å². The zero-order chi connectivity index (χ0) is 46.4. The van der Waals surface area contributed by atoms with Gasteiger partial charge in [0.05, 0.1) is 13.2 Å². The molecule has 0 aliphatic rings. The van der Waals surface area contributed by atoms with Gasteiger partial charge in [0.1, 0.15) is 12.7 Å². The molecule has 0 amide bonds. The number of carbonyl (C=O) groups excluding carboxylic acids is 3. The summed E-state index contributed by atoms with van der Waals surface area (Å²) in [5, 5.41) is 0. The van der Waals surface area contributed by atoms with Crippen molar-refractivity contribution in [3.8, 4) is 0 Å². The van der Waals surface area contributed by atoms with Crippen LogP contribution in [0.4, 0.5) is 4.79 Å². The minimum atomic E-state index is -0.542. The van der Waals surface area contributed by atoms with Crippen LogP contribution in [0.15, 0.2) is 0 Å². The van der Waals surface area contributed by atoms with Gasteiger partial charge in [0, 0.05) is 32.5 Å². The highest BCUT2D eigenvalue weighted by molar-refractivity contribution is 5.69. The minimum absolute atomic E-state index is 0.0338. The maximum Gasteiger partial charge on any atom is 0.508 e. The van der Waals surface area contributed by atoms with E-state index in [4.69, 9.17) is 18.9 Å². The molecule has 0 saturated carbocycles. The molecular weight excluding hydrogens is 789 g/mol. The van der Waals surface area contributed by atoms with Gasteiger partial charge in [-0.3, -0.25) is 14.5 Å². The highest BCUT2D eigenvalue weighted by Gasteiger charge is 2.17. The zero-order valence-electron chi connectivity index (χ0n) is 43.0. The first kappa shape index (κ1) is 61.1. The Morgan fingerprint density at radius 2 is 0.746 bits per heavy atom. The quantitative estimate of drug-likeness (QED) is 0.0336. The molecule has 0 aliphatic heterocycles. The third kappa shape index (κ3) is 40.2. The molecule has 0 aromatic carbocycles. The lowest BCUT2D eigenvalue weighted by atomic mass is 9.96. The Balaban J connectivity index is 4.65. The number of carbonyl (C=O) groups is 3. The van der Waals surface area contributed by atoms with Crippen molar-refractivity contribution in [2.75, 3.05) is 59.1 Å². The number of likely N-dealkylation sites (N-methyl/N-ethyl adjacent to an activating group) is 2. The fourth-order valence-electron chi connectivity index (χ4n) is 8.53. The highest BCUT2D eigenvalue weighted by Crippen LogP contribution is 2.21. The Morgan fingerprint density at radius 1 is 0.381 bits per heavy atom. The molecule has 63 heavy (non-hydrogen) atoms. The smallest absolute Gasteiger partial charge is 0.465 e. The second-order valence-corrected chi connectivity index (χ2v) is 18.7. The van der Waals surface area contributed by atoms with Crippen LogP contribution < -0.4 is 0 Å². The molecule has 2 unspecified atom stereocenters. The largest absolute Gasteiger partial charge is 0.508 e. The Hall–Kier alpha value is -1.87. The predicted octanol–water partition coefficient (Wildman–Crippen LogP) is 15.1. The van der Waals surface area contributed by atoms with E-state index in [2.05, 4.69) is 58.3 Å². The molecule has 9 heteroatoms. The van der Waals surface area contributed by atoms with E-state index >= 15 is 0 Å². The topological polar surface area (TPSA) is 94.6 Å². The van der Waals surface area contributed by atoms with E-state index in [1.54, 1.807) is 0 Å². The van der Waals surface area contributed by atoms with Crippen LogP contribution in [0.2, 0.25) is 0 Å². The van der Waals surface area contributed by atoms with Gasteiger partial charge in [0.2, 0.25) is 0 Å². The fourth-order valence-corrected chi connectivity index (χ4v) is 8.53. The Kier molecular flexibility index (Phi) is 45.3. The Labute approximate surface area is 391 Å². The Bertz CT molecular complexity index is 953. The van der Waals surface area contributed by atoms with Crippen molar-refractivity contribution in [3.63, 3.8) is 0 Å². The molecule has 0 spiro atoms. The van der Waals surface area contributed by atoms with Crippen LogP contribution in [0.5, 0.6) is 0 Å². The zero-order valence-corrected chi connectivity index (χ0v) is 43.0. The first-order valence-electron chi connectivity index (χ1n) is 27.4. The van der Waals surface area contributed by atoms with Gasteiger partial charge in [0.15, 0.2) is 0 Å². The summed E-state index contributed by atoms with van der Waals surface area (Å²) >= 11 is 0. The van der Waals surface area contributed by atoms with Crippen LogP contribution in [-0.2, 0) is 28.5 Å². The minimum Gasteiger partial charge on any atom is -0.465 e. The summed E-state index contributed by atoms with van der Waals surface area (Å²) in [5.74, 6) is 0.953. The van der Waals surface area contributed by atoms with Gasteiger partial charge in [-0.25, -0.2) is 4.79 Å². The SMILES string of the molecule is CCCCCCC(CCCC)COC(=O)CCCCCCCCC(CCCCCCCCC(=O)OCC(CCCC)CCCCCC)OC(=O)OCCN(CC)CCN(CC)CC. The lowest BCUT2D eigenvalue weighted by Gasteiger charge is -2.25. The molecule has 0 radical (unpaired) electrons. The molecule has 2 atom stereocenters. The van der Waals surface area contributed by atoms with Crippen LogP contribution in [0.25, 0.3) is 0 Å². The number of unbranched alkanes of at least 4 members (excludes halogenated alkanes) is 18. The van der Waals surface area contributed by atoms with E-state index in [9.17, 15) is 14.4 Å². The van der Waals surface area contributed by atoms with Gasteiger partial charge in [0.25, 0.3) is 0 Å². The maximum atomic E-state index is 12.9. The summed E-state index contributed by atoms with van der Waals surface area (Å²) in [6.07, 6.45) is 34.2. The Morgan fingerprint density at radius 3 is 1.17 bits per heavy atom. The van der Waals surface area contributed by atoms with Crippen LogP contribution in [0.3, 0.4) is 0 Å². The van der Waals surface area contributed by atoms with Crippen LogP contribution in [-0.4, -0.2) is 93.1 Å². The molecule has 0 aliphatic carbocycles. The predicted molar refractivity (Wildman–Crippen MR) is 265 cm³/mol. The summed E-state index contributed by atoms with van der Waals surface area (Å²) in [5.41, 5.74) is 0. The van der Waals surface area contributed by atoms with E-state index in [0.717, 1.165) is 135 Å². The van der Waals surface area contributed by atoms with Gasteiger partial charge < -0.3 is 23.8 Å². The molecular formula is C54H106N2O7. The molecule has 0 N–H and O–H groups in total. The molecule has 0 bridgehead atoms. The van der Waals surface area contributed by atoms with E-state index in [1.807, 2.05) is 0 Å². The first-order valence-corrected chi connectivity index (χ1v) is 27.4. The summed E-state index contributed by atoms with van der Waals surface area (Å²) in [6.45, 7) is 22.7. The van der Waals surface area contributed by atoms with Crippen molar-refractivity contribution in [1.82, 2.24) is 9.80 Å². The number of hydrogen-bond donors (Lipinski definition) is 0. The van der Waals surface area contributed by atoms with Crippen molar-refractivity contribution in [2.45, 2.75) is 260 Å². The molecule has 0 fully saturated rings. The van der Waals surface area contributed by atoms with Crippen molar-refractivity contribution in [2.24, 2.45) is 11.8 Å². The molecule has 374 valence electrons. The van der Waals surface area contributed by atoms with Crippen molar-refractivity contribution < 1.29 is 33.3 Å². The number of rotatable bonds is 48. The maximum absolute atomic E-state index is 12.9. The van der Waals surface area contributed by atoms with Crippen LogP contribution in [0.1, 0.15) is 254 Å². The average molecular weight is 895 g/mol. The van der Waals surface area contributed by atoms with Gasteiger partial charge >= 0.3 is 18.1 Å². The van der Waals surface area contributed by atoms with Crippen molar-refractivity contribution >= 4 is 18.1 Å². The lowest BCUT2D eigenvalue weighted by molar-refractivity contribution is -0.146. The monoisotopic (exact) mass is 895 g/mol. The number of hydrogen-bond acceptors (Lipinski definition) is 9. The summed E-state index contributed by atoms with van der Waals surface area (Å²) in [4.78, 5) is 42.6. The van der Waals surface area contributed by atoms with E-state index in [0.29, 0.717) is 51.0 Å². The lowest BCUT2D eigenvalue weighted by Crippen LogP contribution is -2.37. The average Bonchev–Trinajstić information content (AvgIpc) is 3.28. The van der Waals surface area contributed by atoms with Gasteiger partial charge in [-0.1, -0.05) is 177 Å². The molecule has 0 aromatic rings. The van der Waals surface area contributed by atoms with E-state index < -0.39 is 6.16 Å².